The van der Waals surface area contributed by atoms with Crippen molar-refractivity contribution >= 4 is 22.6 Å². The summed E-state index contributed by atoms with van der Waals surface area (Å²) in [7, 11) is 1.76. The molecular formula is C14H9ClF3N3O. The Labute approximate surface area is 128 Å². The number of nitrogens with zero attached hydrogens (tertiary/aromatic N) is 3. The summed E-state index contributed by atoms with van der Waals surface area (Å²) < 4.78 is 43.4. The number of aromatic nitrogens is 3. The van der Waals surface area contributed by atoms with Crippen LogP contribution in [0.3, 0.4) is 0 Å². The zero-order chi connectivity index (χ0) is 15.9. The topological polar surface area (TPSA) is 39.9 Å². The van der Waals surface area contributed by atoms with Gasteiger partial charge in [0.2, 0.25) is 0 Å². The Bertz CT molecular complexity index is 845. The zero-order valence-corrected chi connectivity index (χ0v) is 12.0. The first-order valence-electron chi connectivity index (χ1n) is 6.18. The molecule has 0 amide bonds. The summed E-state index contributed by atoms with van der Waals surface area (Å²) in [5.74, 6) is -0.350. The van der Waals surface area contributed by atoms with Crippen molar-refractivity contribution in [3.05, 3.63) is 41.8 Å². The molecule has 22 heavy (non-hydrogen) atoms. The van der Waals surface area contributed by atoms with Gasteiger partial charge in [0.05, 0.1) is 11.8 Å². The van der Waals surface area contributed by atoms with Gasteiger partial charge in [-0.15, -0.1) is 13.2 Å². The normalized spacial score (nSPS) is 11.9. The summed E-state index contributed by atoms with van der Waals surface area (Å²) in [4.78, 5) is 8.30. The van der Waals surface area contributed by atoms with E-state index in [2.05, 4.69) is 14.7 Å². The van der Waals surface area contributed by atoms with E-state index in [1.54, 1.807) is 30.1 Å². The van der Waals surface area contributed by atoms with Crippen molar-refractivity contribution in [3.63, 3.8) is 0 Å². The number of hydrogen-bond acceptors (Lipinski definition) is 3. The minimum atomic E-state index is -4.79. The molecule has 114 valence electrons. The van der Waals surface area contributed by atoms with E-state index in [1.807, 2.05) is 0 Å². The van der Waals surface area contributed by atoms with E-state index in [1.165, 1.54) is 18.2 Å². The van der Waals surface area contributed by atoms with Gasteiger partial charge in [0.15, 0.2) is 0 Å². The van der Waals surface area contributed by atoms with Gasteiger partial charge < -0.3 is 9.30 Å². The number of alkyl halides is 3. The first-order chi connectivity index (χ1) is 10.3. The molecule has 0 spiro atoms. The summed E-state index contributed by atoms with van der Waals surface area (Å²) in [5, 5.41) is 0.160. The van der Waals surface area contributed by atoms with Gasteiger partial charge in [-0.05, 0) is 12.1 Å². The Morgan fingerprint density at radius 1 is 1.23 bits per heavy atom. The number of aryl methyl sites for hydroxylation is 1. The average Bonchev–Trinajstić information content (AvgIpc) is 2.79. The lowest BCUT2D eigenvalue weighted by Crippen LogP contribution is -2.17. The number of fused-ring (bicyclic) bond motifs is 1. The Balaban J connectivity index is 2.24. The molecule has 3 rings (SSSR count). The van der Waals surface area contributed by atoms with E-state index in [4.69, 9.17) is 11.6 Å². The van der Waals surface area contributed by atoms with Gasteiger partial charge >= 0.3 is 6.36 Å². The van der Waals surface area contributed by atoms with Gasteiger partial charge in [0, 0.05) is 18.7 Å². The molecule has 3 aromatic rings. The molecule has 0 unspecified atom stereocenters. The smallest absolute Gasteiger partial charge is 0.405 e. The minimum absolute atomic E-state index is 0.160. The first kappa shape index (κ1) is 14.6. The molecule has 2 aromatic heterocycles. The number of para-hydroxylation sites is 1. The molecule has 0 saturated heterocycles. The maximum absolute atomic E-state index is 12.5. The van der Waals surface area contributed by atoms with Crippen LogP contribution in [0.2, 0.25) is 5.15 Å². The lowest BCUT2D eigenvalue weighted by Gasteiger charge is -2.13. The van der Waals surface area contributed by atoms with E-state index in [-0.39, 0.29) is 22.2 Å². The van der Waals surface area contributed by atoms with Crippen molar-refractivity contribution in [2.45, 2.75) is 6.36 Å². The number of hydrogen-bond donors (Lipinski definition) is 0. The van der Waals surface area contributed by atoms with Crippen LogP contribution in [0.15, 0.2) is 36.7 Å². The Morgan fingerprint density at radius 3 is 2.68 bits per heavy atom. The number of halogens is 4. The third-order valence-electron chi connectivity index (χ3n) is 3.05. The predicted molar refractivity (Wildman–Crippen MR) is 75.6 cm³/mol. The van der Waals surface area contributed by atoms with Crippen LogP contribution in [0.5, 0.6) is 5.75 Å². The van der Waals surface area contributed by atoms with E-state index in [0.29, 0.717) is 11.0 Å². The van der Waals surface area contributed by atoms with Crippen LogP contribution < -0.4 is 4.74 Å². The quantitative estimate of drug-likeness (QED) is 0.663. The van der Waals surface area contributed by atoms with E-state index < -0.39 is 6.36 Å². The highest BCUT2D eigenvalue weighted by atomic mass is 35.5. The fourth-order valence-electron chi connectivity index (χ4n) is 2.16. The molecule has 0 radical (unpaired) electrons. The highest BCUT2D eigenvalue weighted by Crippen LogP contribution is 2.36. The maximum atomic E-state index is 12.5. The van der Waals surface area contributed by atoms with Crippen molar-refractivity contribution in [2.75, 3.05) is 0 Å². The van der Waals surface area contributed by atoms with Gasteiger partial charge in [-0.25, -0.2) is 9.97 Å². The lowest BCUT2D eigenvalue weighted by molar-refractivity contribution is -0.274. The van der Waals surface area contributed by atoms with Crippen LogP contribution in [-0.2, 0) is 7.05 Å². The van der Waals surface area contributed by atoms with Crippen LogP contribution in [0.4, 0.5) is 13.2 Å². The molecule has 8 heteroatoms. The van der Waals surface area contributed by atoms with Gasteiger partial charge in [0.1, 0.15) is 22.1 Å². The molecular weight excluding hydrogens is 319 g/mol. The molecule has 0 atom stereocenters. The highest BCUT2D eigenvalue weighted by molar-refractivity contribution is 6.30. The van der Waals surface area contributed by atoms with Crippen molar-refractivity contribution in [1.82, 2.24) is 14.5 Å². The van der Waals surface area contributed by atoms with Crippen LogP contribution >= 0.6 is 11.6 Å². The fourth-order valence-corrected chi connectivity index (χ4v) is 2.35. The second kappa shape index (κ2) is 5.17. The standard InChI is InChI=1S/C14H9ClF3N3O/c1-21-7-19-13-9(21)6-11(15)20-12(13)8-4-2-3-5-10(8)22-14(16,17)18/h2-7H,1H3. The molecule has 0 fully saturated rings. The number of pyridine rings is 1. The molecule has 1 aromatic carbocycles. The van der Waals surface area contributed by atoms with E-state index in [9.17, 15) is 13.2 Å². The predicted octanol–water partition coefficient (Wildman–Crippen LogP) is 4.19. The SMILES string of the molecule is Cn1cnc2c(-c3ccccc3OC(F)(F)F)nc(Cl)cc21. The number of ether oxygens (including phenoxy) is 1. The lowest BCUT2D eigenvalue weighted by atomic mass is 10.1. The Hall–Kier alpha value is -2.28. The molecule has 0 bridgehead atoms. The van der Waals surface area contributed by atoms with Crippen molar-refractivity contribution in [2.24, 2.45) is 7.05 Å². The fraction of sp³-hybridized carbons (Fsp3) is 0.143. The van der Waals surface area contributed by atoms with Gasteiger partial charge in [-0.2, -0.15) is 0 Å². The molecule has 4 nitrogen and oxygen atoms in total. The summed E-state index contributed by atoms with van der Waals surface area (Å²) in [6, 6.07) is 7.34. The molecule has 0 aliphatic carbocycles. The highest BCUT2D eigenvalue weighted by Gasteiger charge is 2.32. The summed E-state index contributed by atoms with van der Waals surface area (Å²) in [6.07, 6.45) is -3.25. The summed E-state index contributed by atoms with van der Waals surface area (Å²) >= 11 is 5.97. The Kier molecular flexibility index (Phi) is 3.44. The first-order valence-corrected chi connectivity index (χ1v) is 6.55. The summed E-state index contributed by atoms with van der Waals surface area (Å²) in [6.45, 7) is 0. The second-order valence-electron chi connectivity index (χ2n) is 4.56. The summed E-state index contributed by atoms with van der Waals surface area (Å²) in [5.41, 5.74) is 1.52. The largest absolute Gasteiger partial charge is 0.573 e. The molecule has 0 N–H and O–H groups in total. The van der Waals surface area contributed by atoms with Gasteiger partial charge in [-0.1, -0.05) is 23.7 Å². The van der Waals surface area contributed by atoms with Crippen molar-refractivity contribution in [3.8, 4) is 17.0 Å². The number of benzene rings is 1. The third-order valence-corrected chi connectivity index (χ3v) is 3.24. The van der Waals surface area contributed by atoms with E-state index in [0.717, 1.165) is 0 Å². The number of imidazole rings is 1. The Morgan fingerprint density at radius 2 is 1.95 bits per heavy atom. The van der Waals surface area contributed by atoms with Gasteiger partial charge in [-0.3, -0.25) is 0 Å². The van der Waals surface area contributed by atoms with Crippen LogP contribution in [0.25, 0.3) is 22.3 Å². The monoisotopic (exact) mass is 327 g/mol. The second-order valence-corrected chi connectivity index (χ2v) is 4.95. The van der Waals surface area contributed by atoms with Crippen LogP contribution in [0.1, 0.15) is 0 Å². The zero-order valence-electron chi connectivity index (χ0n) is 11.2. The van der Waals surface area contributed by atoms with Crippen molar-refractivity contribution < 1.29 is 17.9 Å². The van der Waals surface area contributed by atoms with E-state index >= 15 is 0 Å². The maximum Gasteiger partial charge on any atom is 0.573 e. The molecule has 0 saturated carbocycles. The van der Waals surface area contributed by atoms with Crippen molar-refractivity contribution in [1.29, 1.82) is 0 Å². The third kappa shape index (κ3) is 2.71. The van der Waals surface area contributed by atoms with Crippen LogP contribution in [0, 0.1) is 0 Å². The molecule has 2 heterocycles. The molecule has 0 aliphatic heterocycles. The minimum Gasteiger partial charge on any atom is -0.405 e. The van der Waals surface area contributed by atoms with Crippen LogP contribution in [-0.4, -0.2) is 20.9 Å². The number of rotatable bonds is 2. The average molecular weight is 328 g/mol. The molecule has 0 aliphatic rings. The van der Waals surface area contributed by atoms with Gasteiger partial charge in [0.25, 0.3) is 0 Å².